The maximum Gasteiger partial charge on any atom is 0.408 e. The first kappa shape index (κ1) is 22.7. The number of nitrogens with zero attached hydrogens (tertiary/aromatic N) is 3. The van der Waals surface area contributed by atoms with E-state index in [1.807, 2.05) is 47.5 Å². The van der Waals surface area contributed by atoms with Gasteiger partial charge in [-0.25, -0.2) is 4.79 Å². The largest absolute Gasteiger partial charge is 0.444 e. The molecular formula is C24H32N4O3. The van der Waals surface area contributed by atoms with E-state index in [1.165, 1.54) is 5.56 Å². The highest BCUT2D eigenvalue weighted by Crippen LogP contribution is 2.19. The molecule has 1 saturated heterocycles. The van der Waals surface area contributed by atoms with Crippen LogP contribution in [0.2, 0.25) is 0 Å². The SMILES string of the molecule is CC(C)(C)OC(=O)N[C@@H](C(=O)N1CCN(CCc2cccnc2)CC1)c1ccccc1. The van der Waals surface area contributed by atoms with Gasteiger partial charge in [0.05, 0.1) is 0 Å². The minimum absolute atomic E-state index is 0.107. The van der Waals surface area contributed by atoms with Gasteiger partial charge in [-0.15, -0.1) is 0 Å². The van der Waals surface area contributed by atoms with Crippen LogP contribution in [0.15, 0.2) is 54.9 Å². The van der Waals surface area contributed by atoms with Crippen molar-refractivity contribution in [3.63, 3.8) is 0 Å². The van der Waals surface area contributed by atoms with Crippen molar-refractivity contribution in [3.8, 4) is 0 Å². The van der Waals surface area contributed by atoms with Crippen molar-refractivity contribution in [2.45, 2.75) is 38.8 Å². The quantitative estimate of drug-likeness (QED) is 0.772. The maximum absolute atomic E-state index is 13.3. The average molecular weight is 425 g/mol. The molecule has 0 unspecified atom stereocenters. The third kappa shape index (κ3) is 7.07. The Kier molecular flexibility index (Phi) is 7.63. The third-order valence-electron chi connectivity index (χ3n) is 5.16. The minimum atomic E-state index is -0.766. The Balaban J connectivity index is 1.59. The average Bonchev–Trinajstić information content (AvgIpc) is 2.76. The van der Waals surface area contributed by atoms with Crippen molar-refractivity contribution in [2.75, 3.05) is 32.7 Å². The summed E-state index contributed by atoms with van der Waals surface area (Å²) in [6, 6.07) is 12.6. The summed E-state index contributed by atoms with van der Waals surface area (Å²) in [4.78, 5) is 34.0. The van der Waals surface area contributed by atoms with Gasteiger partial charge >= 0.3 is 6.09 Å². The standard InChI is InChI=1S/C24H32N4O3/c1-24(2,3)31-23(30)26-21(20-9-5-4-6-10-20)22(29)28-16-14-27(15-17-28)13-11-19-8-7-12-25-18-19/h4-10,12,18,21H,11,13-17H2,1-3H3,(H,26,30)/t21-/m1/s1. The Bertz CT molecular complexity index is 844. The van der Waals surface area contributed by atoms with Crippen LogP contribution in [-0.4, -0.2) is 65.1 Å². The molecule has 1 aliphatic rings. The van der Waals surface area contributed by atoms with E-state index in [4.69, 9.17) is 4.74 Å². The molecule has 0 radical (unpaired) electrons. The summed E-state index contributed by atoms with van der Waals surface area (Å²) < 4.78 is 5.38. The molecular weight excluding hydrogens is 392 g/mol. The summed E-state index contributed by atoms with van der Waals surface area (Å²) >= 11 is 0. The zero-order chi connectivity index (χ0) is 22.3. The second-order valence-electron chi connectivity index (χ2n) is 8.77. The Morgan fingerprint density at radius 2 is 1.77 bits per heavy atom. The predicted octanol–water partition coefficient (Wildman–Crippen LogP) is 3.03. The summed E-state index contributed by atoms with van der Waals surface area (Å²) in [5.41, 5.74) is 1.33. The topological polar surface area (TPSA) is 74.8 Å². The molecule has 3 rings (SSSR count). The van der Waals surface area contributed by atoms with E-state index in [0.29, 0.717) is 13.1 Å². The Labute approximate surface area is 184 Å². The Morgan fingerprint density at radius 1 is 1.06 bits per heavy atom. The molecule has 166 valence electrons. The second kappa shape index (κ2) is 10.4. The van der Waals surface area contributed by atoms with Crippen molar-refractivity contribution in [3.05, 3.63) is 66.0 Å². The van der Waals surface area contributed by atoms with Gasteiger partial charge in [0.15, 0.2) is 0 Å². The van der Waals surface area contributed by atoms with Crippen molar-refractivity contribution in [1.82, 2.24) is 20.1 Å². The van der Waals surface area contributed by atoms with Crippen molar-refractivity contribution in [1.29, 1.82) is 0 Å². The highest BCUT2D eigenvalue weighted by Gasteiger charge is 2.31. The smallest absolute Gasteiger partial charge is 0.408 e. The van der Waals surface area contributed by atoms with Gasteiger partial charge < -0.3 is 15.0 Å². The molecule has 1 fully saturated rings. The number of carbonyl (C=O) groups excluding carboxylic acids is 2. The van der Waals surface area contributed by atoms with Gasteiger partial charge in [0.1, 0.15) is 11.6 Å². The number of rotatable bonds is 6. The molecule has 0 saturated carbocycles. The van der Waals surface area contributed by atoms with Crippen LogP contribution in [0.3, 0.4) is 0 Å². The molecule has 0 aliphatic carbocycles. The van der Waals surface area contributed by atoms with E-state index < -0.39 is 17.7 Å². The van der Waals surface area contributed by atoms with Crippen LogP contribution in [-0.2, 0) is 16.0 Å². The summed E-state index contributed by atoms with van der Waals surface area (Å²) in [5, 5.41) is 2.77. The van der Waals surface area contributed by atoms with E-state index in [9.17, 15) is 9.59 Å². The summed E-state index contributed by atoms with van der Waals surface area (Å²) in [6.45, 7) is 9.21. The van der Waals surface area contributed by atoms with E-state index in [0.717, 1.165) is 31.6 Å². The van der Waals surface area contributed by atoms with E-state index in [2.05, 4.69) is 21.3 Å². The van der Waals surface area contributed by atoms with Gasteiger partial charge in [-0.05, 0) is 44.4 Å². The van der Waals surface area contributed by atoms with Crippen LogP contribution in [0, 0.1) is 0 Å². The minimum Gasteiger partial charge on any atom is -0.444 e. The number of hydrogen-bond acceptors (Lipinski definition) is 5. The highest BCUT2D eigenvalue weighted by atomic mass is 16.6. The lowest BCUT2D eigenvalue weighted by molar-refractivity contribution is -0.135. The fraction of sp³-hybridized carbons (Fsp3) is 0.458. The zero-order valence-corrected chi connectivity index (χ0v) is 18.6. The van der Waals surface area contributed by atoms with Crippen LogP contribution in [0.1, 0.15) is 37.9 Å². The van der Waals surface area contributed by atoms with Gasteiger partial charge in [-0.1, -0.05) is 36.4 Å². The molecule has 7 heteroatoms. The number of alkyl carbamates (subject to hydrolysis) is 1. The number of aromatic nitrogens is 1. The maximum atomic E-state index is 13.3. The third-order valence-corrected chi connectivity index (χ3v) is 5.16. The van der Waals surface area contributed by atoms with Crippen LogP contribution >= 0.6 is 0 Å². The monoisotopic (exact) mass is 424 g/mol. The second-order valence-corrected chi connectivity index (χ2v) is 8.77. The number of carbonyl (C=O) groups is 2. The summed E-state index contributed by atoms with van der Waals surface area (Å²) in [7, 11) is 0. The first-order valence-electron chi connectivity index (χ1n) is 10.8. The molecule has 1 aromatic carbocycles. The summed E-state index contributed by atoms with van der Waals surface area (Å²) in [5.74, 6) is -0.107. The Morgan fingerprint density at radius 3 is 2.39 bits per heavy atom. The summed E-state index contributed by atoms with van der Waals surface area (Å²) in [6.07, 6.45) is 4.02. The van der Waals surface area contributed by atoms with Crippen LogP contribution in [0.5, 0.6) is 0 Å². The zero-order valence-electron chi connectivity index (χ0n) is 18.6. The van der Waals surface area contributed by atoms with E-state index in [1.54, 1.807) is 27.0 Å². The normalized spacial score (nSPS) is 15.9. The molecule has 31 heavy (non-hydrogen) atoms. The number of piperazine rings is 1. The Hall–Kier alpha value is -2.93. The van der Waals surface area contributed by atoms with Crippen molar-refractivity contribution >= 4 is 12.0 Å². The molecule has 2 aromatic rings. The molecule has 0 bridgehead atoms. The van der Waals surface area contributed by atoms with Crippen LogP contribution < -0.4 is 5.32 Å². The van der Waals surface area contributed by atoms with Gasteiger partial charge in [-0.2, -0.15) is 0 Å². The van der Waals surface area contributed by atoms with Crippen LogP contribution in [0.25, 0.3) is 0 Å². The van der Waals surface area contributed by atoms with Gasteiger partial charge in [0.2, 0.25) is 5.91 Å². The van der Waals surface area contributed by atoms with Gasteiger partial charge in [0.25, 0.3) is 0 Å². The first-order valence-corrected chi connectivity index (χ1v) is 10.8. The lowest BCUT2D eigenvalue weighted by atomic mass is 10.1. The van der Waals surface area contributed by atoms with Crippen LogP contribution in [0.4, 0.5) is 4.79 Å². The molecule has 1 aliphatic heterocycles. The van der Waals surface area contributed by atoms with Crippen molar-refractivity contribution < 1.29 is 14.3 Å². The fourth-order valence-electron chi connectivity index (χ4n) is 3.57. The molecule has 1 atom stereocenters. The number of pyridine rings is 1. The number of hydrogen-bond donors (Lipinski definition) is 1. The van der Waals surface area contributed by atoms with Crippen molar-refractivity contribution in [2.24, 2.45) is 0 Å². The number of amides is 2. The fourth-order valence-corrected chi connectivity index (χ4v) is 3.57. The van der Waals surface area contributed by atoms with Gasteiger partial charge in [0, 0.05) is 45.1 Å². The molecule has 1 aromatic heterocycles. The molecule has 0 spiro atoms. The molecule has 1 N–H and O–H groups in total. The number of ether oxygens (including phenoxy) is 1. The number of benzene rings is 1. The molecule has 2 heterocycles. The highest BCUT2D eigenvalue weighted by molar-refractivity contribution is 5.87. The lowest BCUT2D eigenvalue weighted by Gasteiger charge is -2.36. The first-order chi connectivity index (χ1) is 14.8. The molecule has 7 nitrogen and oxygen atoms in total. The predicted molar refractivity (Wildman–Crippen MR) is 120 cm³/mol. The van der Waals surface area contributed by atoms with E-state index >= 15 is 0 Å². The number of nitrogens with one attached hydrogen (secondary N) is 1. The molecule has 2 amide bonds. The van der Waals surface area contributed by atoms with Gasteiger partial charge in [-0.3, -0.25) is 14.7 Å². The lowest BCUT2D eigenvalue weighted by Crippen LogP contribution is -2.52. The van der Waals surface area contributed by atoms with E-state index in [-0.39, 0.29) is 5.91 Å².